The number of aromatic nitrogens is 1. The van der Waals surface area contributed by atoms with Gasteiger partial charge in [0.15, 0.2) is 0 Å². The summed E-state index contributed by atoms with van der Waals surface area (Å²) in [7, 11) is 0. The quantitative estimate of drug-likeness (QED) is 0.857. The maximum atomic E-state index is 11.3. The number of fused-ring (bicyclic) bond motifs is 1. The minimum Gasteiger partial charge on any atom is -0.465 e. The second-order valence-corrected chi connectivity index (χ2v) is 6.16. The van der Waals surface area contributed by atoms with Crippen molar-refractivity contribution in [2.24, 2.45) is 5.92 Å². The Kier molecular flexibility index (Phi) is 2.57. The number of aliphatic hydroxyl groups excluding tert-OH is 1. The van der Waals surface area contributed by atoms with E-state index in [0.29, 0.717) is 23.8 Å². The van der Waals surface area contributed by atoms with Gasteiger partial charge in [-0.1, -0.05) is 13.8 Å². The van der Waals surface area contributed by atoms with Gasteiger partial charge >= 0.3 is 6.09 Å². The normalized spacial score (nSPS) is 22.2. The molecule has 2 N–H and O–H groups in total. The summed E-state index contributed by atoms with van der Waals surface area (Å²) in [5.74, 6) is 0.290. The Morgan fingerprint density at radius 2 is 2.21 bits per heavy atom. The molecule has 1 unspecified atom stereocenters. The van der Waals surface area contributed by atoms with Gasteiger partial charge in [0.25, 0.3) is 0 Å². The number of pyridine rings is 1. The number of amides is 1. The molecule has 5 nitrogen and oxygen atoms in total. The van der Waals surface area contributed by atoms with Crippen molar-refractivity contribution in [1.82, 2.24) is 4.98 Å². The average molecular weight is 262 g/mol. The largest absolute Gasteiger partial charge is 0.465 e. The Morgan fingerprint density at radius 1 is 1.53 bits per heavy atom. The molecule has 1 aromatic rings. The zero-order valence-corrected chi connectivity index (χ0v) is 11.1. The highest BCUT2D eigenvalue weighted by atomic mass is 16.4. The molecular weight excluding hydrogens is 244 g/mol. The number of aliphatic hydroxyl groups is 1. The first kappa shape index (κ1) is 12.4. The van der Waals surface area contributed by atoms with E-state index in [0.717, 1.165) is 18.4 Å². The van der Waals surface area contributed by atoms with E-state index in [4.69, 9.17) is 0 Å². The number of carboxylic acid groups (broad SMARTS) is 1. The van der Waals surface area contributed by atoms with Gasteiger partial charge < -0.3 is 10.2 Å². The smallest absolute Gasteiger partial charge is 0.411 e. The molecular formula is C14H18N2O3. The highest BCUT2D eigenvalue weighted by Gasteiger charge is 2.40. The summed E-state index contributed by atoms with van der Waals surface area (Å²) in [5.41, 5.74) is 1.96. The van der Waals surface area contributed by atoms with Crippen molar-refractivity contribution in [2.75, 3.05) is 11.4 Å². The number of hydrogen-bond donors (Lipinski definition) is 2. The summed E-state index contributed by atoms with van der Waals surface area (Å²) < 4.78 is 0. The highest BCUT2D eigenvalue weighted by Crippen LogP contribution is 2.44. The molecule has 0 radical (unpaired) electrons. The first-order valence-electron chi connectivity index (χ1n) is 6.59. The van der Waals surface area contributed by atoms with Gasteiger partial charge in [-0.2, -0.15) is 0 Å². The Labute approximate surface area is 111 Å². The predicted molar refractivity (Wildman–Crippen MR) is 70.3 cm³/mol. The third-order valence-corrected chi connectivity index (χ3v) is 4.08. The van der Waals surface area contributed by atoms with Crippen molar-refractivity contribution in [3.63, 3.8) is 0 Å². The second-order valence-electron chi connectivity index (χ2n) is 6.16. The van der Waals surface area contributed by atoms with Gasteiger partial charge in [-0.25, -0.2) is 4.79 Å². The molecule has 2 heterocycles. The van der Waals surface area contributed by atoms with Crippen LogP contribution in [0.1, 0.15) is 44.1 Å². The Bertz CT molecular complexity index is 537. The molecule has 3 rings (SSSR count). The van der Waals surface area contributed by atoms with Gasteiger partial charge in [-0.3, -0.25) is 9.88 Å². The van der Waals surface area contributed by atoms with Crippen LogP contribution in [0.25, 0.3) is 0 Å². The zero-order valence-electron chi connectivity index (χ0n) is 11.1. The summed E-state index contributed by atoms with van der Waals surface area (Å²) in [6.45, 7) is 4.45. The minimum atomic E-state index is -0.954. The van der Waals surface area contributed by atoms with Crippen LogP contribution in [0.4, 0.5) is 10.5 Å². The van der Waals surface area contributed by atoms with E-state index >= 15 is 0 Å². The molecule has 19 heavy (non-hydrogen) atoms. The van der Waals surface area contributed by atoms with Gasteiger partial charge in [0, 0.05) is 23.7 Å². The SMILES string of the molecule is CC1(C)CN(C(=O)O)c2cc(C(O)C3CC3)ncc21. The van der Waals surface area contributed by atoms with Gasteiger partial charge in [0.05, 0.1) is 17.5 Å². The van der Waals surface area contributed by atoms with Crippen LogP contribution in [0.15, 0.2) is 12.3 Å². The molecule has 102 valence electrons. The molecule has 1 amide bonds. The van der Waals surface area contributed by atoms with Crippen LogP contribution in [0, 0.1) is 5.92 Å². The summed E-state index contributed by atoms with van der Waals surface area (Å²) in [5, 5.41) is 19.4. The molecule has 0 spiro atoms. The van der Waals surface area contributed by atoms with Crippen LogP contribution in [-0.2, 0) is 5.41 Å². The molecule has 2 aliphatic rings. The number of anilines is 1. The van der Waals surface area contributed by atoms with E-state index in [9.17, 15) is 15.0 Å². The lowest BCUT2D eigenvalue weighted by Crippen LogP contribution is -2.32. The van der Waals surface area contributed by atoms with E-state index in [-0.39, 0.29) is 5.41 Å². The lowest BCUT2D eigenvalue weighted by atomic mass is 9.88. The fourth-order valence-corrected chi connectivity index (χ4v) is 2.76. The molecule has 5 heteroatoms. The van der Waals surface area contributed by atoms with Crippen LogP contribution >= 0.6 is 0 Å². The van der Waals surface area contributed by atoms with Crippen LogP contribution in [0.2, 0.25) is 0 Å². The number of carbonyl (C=O) groups is 1. The molecule has 1 aromatic heterocycles. The highest BCUT2D eigenvalue weighted by molar-refractivity contribution is 5.90. The van der Waals surface area contributed by atoms with Crippen molar-refractivity contribution in [2.45, 2.75) is 38.2 Å². The summed E-state index contributed by atoms with van der Waals surface area (Å²) in [6, 6.07) is 1.74. The van der Waals surface area contributed by atoms with E-state index < -0.39 is 12.2 Å². The van der Waals surface area contributed by atoms with Crippen molar-refractivity contribution in [3.05, 3.63) is 23.5 Å². The molecule has 1 atom stereocenters. The monoisotopic (exact) mass is 262 g/mol. The van der Waals surface area contributed by atoms with E-state index in [2.05, 4.69) is 4.98 Å². The molecule has 0 aromatic carbocycles. The van der Waals surface area contributed by atoms with Crippen LogP contribution in [-0.4, -0.2) is 27.8 Å². The van der Waals surface area contributed by atoms with Crippen molar-refractivity contribution in [3.8, 4) is 0 Å². The first-order chi connectivity index (χ1) is 8.90. The fraction of sp³-hybridized carbons (Fsp3) is 0.571. The molecule has 0 saturated heterocycles. The molecule has 1 fully saturated rings. The summed E-state index contributed by atoms with van der Waals surface area (Å²) in [6.07, 6.45) is 2.25. The van der Waals surface area contributed by atoms with Crippen molar-refractivity contribution >= 4 is 11.8 Å². The lowest BCUT2D eigenvalue weighted by molar-refractivity contribution is 0.149. The molecule has 1 saturated carbocycles. The number of hydrogen-bond acceptors (Lipinski definition) is 3. The van der Waals surface area contributed by atoms with E-state index in [1.54, 1.807) is 12.3 Å². The Hall–Kier alpha value is -1.62. The van der Waals surface area contributed by atoms with Gasteiger partial charge in [0.2, 0.25) is 0 Å². The number of nitrogens with zero attached hydrogens (tertiary/aromatic N) is 2. The van der Waals surface area contributed by atoms with Crippen molar-refractivity contribution < 1.29 is 15.0 Å². The topological polar surface area (TPSA) is 73.7 Å². The standard InChI is InChI=1S/C14H18N2O3/c1-14(2)7-16(13(18)19)11-5-10(15-6-9(11)14)12(17)8-3-4-8/h5-6,8,12,17H,3-4,7H2,1-2H3,(H,18,19). The van der Waals surface area contributed by atoms with E-state index in [1.165, 1.54) is 4.90 Å². The Balaban J connectivity index is 2.02. The molecule has 1 aliphatic heterocycles. The fourth-order valence-electron chi connectivity index (χ4n) is 2.76. The summed E-state index contributed by atoms with van der Waals surface area (Å²) >= 11 is 0. The molecule has 1 aliphatic carbocycles. The van der Waals surface area contributed by atoms with Crippen LogP contribution in [0.5, 0.6) is 0 Å². The third kappa shape index (κ3) is 1.98. The maximum absolute atomic E-state index is 11.3. The van der Waals surface area contributed by atoms with E-state index in [1.807, 2.05) is 13.8 Å². The van der Waals surface area contributed by atoms with Gasteiger partial charge in [-0.15, -0.1) is 0 Å². The average Bonchev–Trinajstić information content (AvgIpc) is 3.15. The Morgan fingerprint density at radius 3 is 2.79 bits per heavy atom. The minimum absolute atomic E-state index is 0.232. The van der Waals surface area contributed by atoms with Gasteiger partial charge in [-0.05, 0) is 24.8 Å². The van der Waals surface area contributed by atoms with Gasteiger partial charge in [0.1, 0.15) is 0 Å². The lowest BCUT2D eigenvalue weighted by Gasteiger charge is -2.18. The number of rotatable bonds is 2. The third-order valence-electron chi connectivity index (χ3n) is 4.08. The second kappa shape index (κ2) is 3.93. The van der Waals surface area contributed by atoms with Crippen LogP contribution in [0.3, 0.4) is 0 Å². The first-order valence-corrected chi connectivity index (χ1v) is 6.59. The van der Waals surface area contributed by atoms with Crippen LogP contribution < -0.4 is 4.90 Å². The summed E-state index contributed by atoms with van der Waals surface area (Å²) in [4.78, 5) is 17.0. The van der Waals surface area contributed by atoms with Crippen molar-refractivity contribution in [1.29, 1.82) is 0 Å². The maximum Gasteiger partial charge on any atom is 0.411 e. The predicted octanol–water partition coefficient (Wildman–Crippen LogP) is 2.30. The zero-order chi connectivity index (χ0) is 13.8. The molecule has 0 bridgehead atoms.